The number of benzene rings is 3. The molecule has 5 rings (SSSR count). The Hall–Kier alpha value is -3.93. The number of phenols is 1. The van der Waals surface area contributed by atoms with Crippen molar-refractivity contribution in [3.63, 3.8) is 0 Å². The lowest BCUT2D eigenvalue weighted by molar-refractivity contribution is 0.471. The van der Waals surface area contributed by atoms with Gasteiger partial charge in [-0.05, 0) is 37.3 Å². The largest absolute Gasteiger partial charge is 0.507 e. The summed E-state index contributed by atoms with van der Waals surface area (Å²) < 4.78 is 15.6. The average Bonchev–Trinajstić information content (AvgIpc) is 3.44. The Bertz CT molecular complexity index is 1260. The number of hydrogen-bond donors (Lipinski definition) is 2. The smallest absolute Gasteiger partial charge is 0.124 e. The van der Waals surface area contributed by atoms with Gasteiger partial charge < -0.3 is 10.5 Å². The van der Waals surface area contributed by atoms with Crippen LogP contribution in [-0.2, 0) is 0 Å². The molecule has 0 aliphatic carbocycles. The lowest BCUT2D eigenvalue weighted by Crippen LogP contribution is -2.10. The number of aromatic hydroxyl groups is 1. The van der Waals surface area contributed by atoms with E-state index in [1.807, 2.05) is 41.2 Å². The molecule has 4 aromatic rings. The first-order valence-electron chi connectivity index (χ1n) is 10.1. The highest BCUT2D eigenvalue weighted by Gasteiger charge is 2.28. The molecule has 2 heterocycles. The minimum atomic E-state index is -0.406. The predicted octanol–water partition coefficient (Wildman–Crippen LogP) is 5.13. The SMILES string of the molecule is Cc1ccc(-c2nn(-c3ccccc3)cc2C2CC(c3cc(F)ccc3O)=NN2)cc1. The molecule has 0 fully saturated rings. The van der Waals surface area contributed by atoms with Crippen molar-refractivity contribution >= 4 is 5.71 Å². The van der Waals surface area contributed by atoms with Gasteiger partial charge in [-0.2, -0.15) is 10.2 Å². The molecule has 6 heteroatoms. The van der Waals surface area contributed by atoms with Crippen LogP contribution in [0.25, 0.3) is 16.9 Å². The van der Waals surface area contributed by atoms with E-state index in [1.54, 1.807) is 0 Å². The van der Waals surface area contributed by atoms with Crippen LogP contribution >= 0.6 is 0 Å². The molecule has 154 valence electrons. The maximum absolute atomic E-state index is 13.7. The Balaban J connectivity index is 1.53. The summed E-state index contributed by atoms with van der Waals surface area (Å²) in [6, 6.07) is 21.9. The van der Waals surface area contributed by atoms with E-state index >= 15 is 0 Å². The summed E-state index contributed by atoms with van der Waals surface area (Å²) in [7, 11) is 0. The van der Waals surface area contributed by atoms with Crippen molar-refractivity contribution in [1.29, 1.82) is 0 Å². The van der Waals surface area contributed by atoms with Gasteiger partial charge in [0.1, 0.15) is 11.6 Å². The molecule has 1 unspecified atom stereocenters. The molecule has 0 radical (unpaired) electrons. The first-order chi connectivity index (χ1) is 15.1. The van der Waals surface area contributed by atoms with Gasteiger partial charge in [0.25, 0.3) is 0 Å². The van der Waals surface area contributed by atoms with Gasteiger partial charge in [-0.15, -0.1) is 0 Å². The third-order valence-electron chi connectivity index (χ3n) is 5.49. The topological polar surface area (TPSA) is 62.4 Å². The Morgan fingerprint density at radius 2 is 1.81 bits per heavy atom. The third-order valence-corrected chi connectivity index (χ3v) is 5.49. The molecular weight excluding hydrogens is 391 g/mol. The second-order valence-corrected chi connectivity index (χ2v) is 7.68. The second kappa shape index (κ2) is 7.72. The predicted molar refractivity (Wildman–Crippen MR) is 119 cm³/mol. The van der Waals surface area contributed by atoms with Gasteiger partial charge in [0.2, 0.25) is 0 Å². The maximum atomic E-state index is 13.7. The third kappa shape index (κ3) is 3.68. The standard InChI is InChI=1S/C25H21FN4O/c1-16-7-9-17(10-8-16)25-21(15-30(29-25)19-5-3-2-4-6-19)23-14-22(27-28-23)20-13-18(26)11-12-24(20)31/h2-13,15,23,28,31H,14H2,1H3. The van der Waals surface area contributed by atoms with E-state index in [9.17, 15) is 9.50 Å². The molecule has 5 nitrogen and oxygen atoms in total. The van der Waals surface area contributed by atoms with Crippen LogP contribution < -0.4 is 5.43 Å². The quantitative estimate of drug-likeness (QED) is 0.488. The van der Waals surface area contributed by atoms with E-state index in [0.29, 0.717) is 17.7 Å². The molecule has 3 aromatic carbocycles. The van der Waals surface area contributed by atoms with Crippen LogP contribution in [-0.4, -0.2) is 20.6 Å². The number of para-hydroxylation sites is 1. The van der Waals surface area contributed by atoms with Gasteiger partial charge in [-0.1, -0.05) is 48.0 Å². The van der Waals surface area contributed by atoms with E-state index < -0.39 is 5.82 Å². The van der Waals surface area contributed by atoms with Crippen LogP contribution in [0, 0.1) is 12.7 Å². The van der Waals surface area contributed by atoms with E-state index in [4.69, 9.17) is 5.10 Å². The number of aryl methyl sites for hydroxylation is 1. The highest BCUT2D eigenvalue weighted by molar-refractivity contribution is 6.04. The van der Waals surface area contributed by atoms with Crippen molar-refractivity contribution in [2.24, 2.45) is 5.10 Å². The molecule has 2 N–H and O–H groups in total. The van der Waals surface area contributed by atoms with Crippen molar-refractivity contribution in [3.8, 4) is 22.7 Å². The number of aromatic nitrogens is 2. The van der Waals surface area contributed by atoms with E-state index in [0.717, 1.165) is 22.5 Å². The lowest BCUT2D eigenvalue weighted by atomic mass is 9.96. The Kier molecular flexibility index (Phi) is 4.75. The number of nitrogens with one attached hydrogen (secondary N) is 1. The van der Waals surface area contributed by atoms with Gasteiger partial charge in [0.15, 0.2) is 0 Å². The number of hydrazone groups is 1. The molecule has 1 aromatic heterocycles. The highest BCUT2D eigenvalue weighted by Crippen LogP contribution is 2.34. The normalized spacial score (nSPS) is 15.5. The number of phenolic OH excluding ortho intramolecular Hbond substituents is 1. The number of rotatable bonds is 4. The van der Waals surface area contributed by atoms with Gasteiger partial charge in [0.05, 0.1) is 23.1 Å². The van der Waals surface area contributed by atoms with Gasteiger partial charge >= 0.3 is 0 Å². The summed E-state index contributed by atoms with van der Waals surface area (Å²) in [6.45, 7) is 2.05. The molecule has 1 aliphatic heterocycles. The molecule has 0 saturated carbocycles. The van der Waals surface area contributed by atoms with Crippen molar-refractivity contribution < 1.29 is 9.50 Å². The monoisotopic (exact) mass is 412 g/mol. The van der Waals surface area contributed by atoms with E-state index in [2.05, 4.69) is 41.7 Å². The zero-order valence-corrected chi connectivity index (χ0v) is 17.0. The zero-order chi connectivity index (χ0) is 21.4. The molecule has 0 amide bonds. The highest BCUT2D eigenvalue weighted by atomic mass is 19.1. The van der Waals surface area contributed by atoms with Crippen molar-refractivity contribution in [2.75, 3.05) is 0 Å². The van der Waals surface area contributed by atoms with Crippen LogP contribution in [0.15, 0.2) is 84.1 Å². The number of halogens is 1. The second-order valence-electron chi connectivity index (χ2n) is 7.68. The molecule has 1 atom stereocenters. The first-order valence-corrected chi connectivity index (χ1v) is 10.1. The molecule has 0 saturated heterocycles. The fraction of sp³-hybridized carbons (Fsp3) is 0.120. The molecule has 0 bridgehead atoms. The summed E-state index contributed by atoms with van der Waals surface area (Å²) in [5.74, 6) is -0.391. The summed E-state index contributed by atoms with van der Waals surface area (Å²) in [4.78, 5) is 0. The Morgan fingerprint density at radius 1 is 1.03 bits per heavy atom. The summed E-state index contributed by atoms with van der Waals surface area (Å²) in [5, 5.41) is 19.4. The van der Waals surface area contributed by atoms with E-state index in [1.165, 1.54) is 23.8 Å². The molecule has 0 spiro atoms. The fourth-order valence-electron chi connectivity index (χ4n) is 3.82. The van der Waals surface area contributed by atoms with Crippen molar-refractivity contribution in [1.82, 2.24) is 15.2 Å². The van der Waals surface area contributed by atoms with Gasteiger partial charge in [0, 0.05) is 29.3 Å². The van der Waals surface area contributed by atoms with Gasteiger partial charge in [-0.25, -0.2) is 9.07 Å². The van der Waals surface area contributed by atoms with Crippen LogP contribution in [0.3, 0.4) is 0 Å². The van der Waals surface area contributed by atoms with Gasteiger partial charge in [-0.3, -0.25) is 0 Å². The van der Waals surface area contributed by atoms with Crippen LogP contribution in [0.5, 0.6) is 5.75 Å². The molecular formula is C25H21FN4O. The fourth-order valence-corrected chi connectivity index (χ4v) is 3.82. The first kappa shape index (κ1) is 19.1. The lowest BCUT2D eigenvalue weighted by Gasteiger charge is -2.10. The van der Waals surface area contributed by atoms with Crippen LogP contribution in [0.2, 0.25) is 0 Å². The average molecular weight is 412 g/mol. The Morgan fingerprint density at radius 3 is 2.58 bits per heavy atom. The molecule has 1 aliphatic rings. The summed E-state index contributed by atoms with van der Waals surface area (Å²) in [5.41, 5.74) is 9.18. The Labute approximate surface area is 179 Å². The number of hydrogen-bond acceptors (Lipinski definition) is 4. The minimum absolute atomic E-state index is 0.0151. The summed E-state index contributed by atoms with van der Waals surface area (Å²) in [6.07, 6.45) is 2.52. The van der Waals surface area contributed by atoms with Crippen molar-refractivity contribution in [2.45, 2.75) is 19.4 Å². The maximum Gasteiger partial charge on any atom is 0.124 e. The van der Waals surface area contributed by atoms with E-state index in [-0.39, 0.29) is 11.8 Å². The zero-order valence-electron chi connectivity index (χ0n) is 17.0. The number of nitrogens with zero attached hydrogens (tertiary/aromatic N) is 3. The van der Waals surface area contributed by atoms with Crippen LogP contribution in [0.1, 0.15) is 29.2 Å². The minimum Gasteiger partial charge on any atom is -0.507 e. The summed E-state index contributed by atoms with van der Waals surface area (Å²) >= 11 is 0. The van der Waals surface area contributed by atoms with Crippen molar-refractivity contribution in [3.05, 3.63) is 102 Å². The van der Waals surface area contributed by atoms with Crippen LogP contribution in [0.4, 0.5) is 4.39 Å². The molecule has 31 heavy (non-hydrogen) atoms.